The van der Waals surface area contributed by atoms with Gasteiger partial charge in [-0.25, -0.2) is 9.98 Å². The Morgan fingerprint density at radius 2 is 2.00 bits per heavy atom. The summed E-state index contributed by atoms with van der Waals surface area (Å²) in [7, 11) is 1.86. The van der Waals surface area contributed by atoms with Crippen molar-refractivity contribution < 1.29 is 0 Å². The lowest BCUT2D eigenvalue weighted by molar-refractivity contribution is 1.14. The number of aryl methyl sites for hydroxylation is 1. The van der Waals surface area contributed by atoms with Gasteiger partial charge in [-0.2, -0.15) is 0 Å². The first-order chi connectivity index (χ1) is 12.4. The molecule has 0 spiro atoms. The number of benzene rings is 1. The summed E-state index contributed by atoms with van der Waals surface area (Å²) in [6, 6.07) is 5.89. The zero-order valence-electron chi connectivity index (χ0n) is 16.7. The van der Waals surface area contributed by atoms with Gasteiger partial charge in [-0.1, -0.05) is 61.6 Å². The van der Waals surface area contributed by atoms with Gasteiger partial charge in [0.25, 0.3) is 0 Å². The minimum atomic E-state index is 0.219. The molecule has 0 aliphatic heterocycles. The third-order valence-corrected chi connectivity index (χ3v) is 3.41. The second-order valence-electron chi connectivity index (χ2n) is 5.63. The van der Waals surface area contributed by atoms with Gasteiger partial charge in [-0.15, -0.1) is 0 Å². The number of nitrogens with two attached hydrogens (primary N) is 1. The van der Waals surface area contributed by atoms with E-state index in [2.05, 4.69) is 54.5 Å². The van der Waals surface area contributed by atoms with Crippen LogP contribution in [0.2, 0.25) is 0 Å². The Morgan fingerprint density at radius 1 is 1.31 bits per heavy atom. The lowest BCUT2D eigenvalue weighted by Gasteiger charge is -2.04. The number of nitrogens with one attached hydrogen (secondary N) is 1. The fourth-order valence-electron chi connectivity index (χ4n) is 1.83. The minimum absolute atomic E-state index is 0.219. The summed E-state index contributed by atoms with van der Waals surface area (Å²) in [5, 5.41) is 3.05. The van der Waals surface area contributed by atoms with Crippen LogP contribution in [0.25, 0.3) is 0 Å². The van der Waals surface area contributed by atoms with E-state index in [1.807, 2.05) is 45.2 Å². The first-order valence-electron chi connectivity index (χ1n) is 8.64. The molecule has 0 saturated heterocycles. The van der Waals surface area contributed by atoms with Crippen LogP contribution in [0.3, 0.4) is 0 Å². The fourth-order valence-corrected chi connectivity index (χ4v) is 1.83. The molecule has 140 valence electrons. The first kappa shape index (κ1) is 23.1. The third-order valence-electron chi connectivity index (χ3n) is 3.41. The zero-order chi connectivity index (χ0) is 19.9. The second-order valence-corrected chi connectivity index (χ2v) is 5.63. The summed E-state index contributed by atoms with van der Waals surface area (Å²) >= 11 is 0. The van der Waals surface area contributed by atoms with Crippen LogP contribution in [0.5, 0.6) is 0 Å². The van der Waals surface area contributed by atoms with Crippen molar-refractivity contribution in [3.63, 3.8) is 0 Å². The lowest BCUT2D eigenvalue weighted by atomic mass is 10.1. The molecule has 4 nitrogen and oxygen atoms in total. The second kappa shape index (κ2) is 13.4. The highest BCUT2D eigenvalue weighted by molar-refractivity contribution is 5.91. The highest BCUT2D eigenvalue weighted by Gasteiger charge is 1.98. The maximum Gasteiger partial charge on any atom is 0.220 e. The molecular formula is C22H32N4. The molecule has 1 aromatic rings. The Kier molecular flexibility index (Phi) is 11.9. The number of aliphatic imine (C=N–C) groups is 2. The summed E-state index contributed by atoms with van der Waals surface area (Å²) in [5.41, 5.74) is 11.0. The molecule has 1 rings (SSSR count). The van der Waals surface area contributed by atoms with E-state index >= 15 is 0 Å². The van der Waals surface area contributed by atoms with E-state index in [9.17, 15) is 0 Å². The monoisotopic (exact) mass is 352 g/mol. The van der Waals surface area contributed by atoms with E-state index in [1.54, 1.807) is 6.08 Å². The molecule has 0 fully saturated rings. The standard InChI is InChI=1S/C12H16N4.C10H16/c1-4-7-15-12(13)16-11-8-10(14-3)6-5-9(11)2;1-5-10(6-2)8-7-9(3)4/h4-8,14H,1H2,2-3H3,(H2,13,16);5,7-8H,3,6H2,1-2,4H3/b15-7+;8-7-,10-5-. The molecular weight excluding hydrogens is 320 g/mol. The van der Waals surface area contributed by atoms with Crippen molar-refractivity contribution in [1.82, 2.24) is 0 Å². The smallest absolute Gasteiger partial charge is 0.220 e. The number of allylic oxidation sites excluding steroid dienone is 6. The number of rotatable bonds is 6. The molecule has 0 amide bonds. The van der Waals surface area contributed by atoms with Crippen LogP contribution >= 0.6 is 0 Å². The molecule has 0 aliphatic rings. The van der Waals surface area contributed by atoms with Crippen LogP contribution in [0.15, 0.2) is 76.8 Å². The van der Waals surface area contributed by atoms with Crippen LogP contribution in [-0.2, 0) is 0 Å². The number of anilines is 1. The van der Waals surface area contributed by atoms with Gasteiger partial charge in [-0.05, 0) is 44.9 Å². The molecule has 0 atom stereocenters. The van der Waals surface area contributed by atoms with Gasteiger partial charge >= 0.3 is 0 Å². The van der Waals surface area contributed by atoms with E-state index in [-0.39, 0.29) is 5.96 Å². The predicted molar refractivity (Wildman–Crippen MR) is 119 cm³/mol. The van der Waals surface area contributed by atoms with Crippen LogP contribution < -0.4 is 11.1 Å². The predicted octanol–water partition coefficient (Wildman–Crippen LogP) is 5.71. The summed E-state index contributed by atoms with van der Waals surface area (Å²) in [6.45, 7) is 15.5. The lowest BCUT2D eigenvalue weighted by Crippen LogP contribution is -2.07. The largest absolute Gasteiger partial charge is 0.388 e. The average molecular weight is 353 g/mol. The summed E-state index contributed by atoms with van der Waals surface area (Å²) < 4.78 is 0. The van der Waals surface area contributed by atoms with Crippen molar-refractivity contribution in [1.29, 1.82) is 0 Å². The molecule has 0 bridgehead atoms. The van der Waals surface area contributed by atoms with Crippen molar-refractivity contribution >= 4 is 23.5 Å². The topological polar surface area (TPSA) is 62.8 Å². The van der Waals surface area contributed by atoms with Crippen LogP contribution in [0.1, 0.15) is 32.8 Å². The zero-order valence-corrected chi connectivity index (χ0v) is 16.7. The van der Waals surface area contributed by atoms with Gasteiger partial charge in [0.2, 0.25) is 5.96 Å². The van der Waals surface area contributed by atoms with Crippen LogP contribution in [-0.4, -0.2) is 19.2 Å². The average Bonchev–Trinajstić information content (AvgIpc) is 2.63. The molecule has 0 saturated carbocycles. The van der Waals surface area contributed by atoms with Crippen LogP contribution in [0.4, 0.5) is 11.4 Å². The van der Waals surface area contributed by atoms with Crippen molar-refractivity contribution in [2.45, 2.75) is 34.1 Å². The molecule has 26 heavy (non-hydrogen) atoms. The molecule has 4 heteroatoms. The molecule has 3 N–H and O–H groups in total. The normalized spacial score (nSPS) is 12.0. The number of hydrogen-bond donors (Lipinski definition) is 2. The summed E-state index contributed by atoms with van der Waals surface area (Å²) in [5.74, 6) is 0.219. The molecule has 0 radical (unpaired) electrons. The van der Waals surface area contributed by atoms with Gasteiger partial charge in [0.15, 0.2) is 0 Å². The van der Waals surface area contributed by atoms with Gasteiger partial charge in [0.05, 0.1) is 5.69 Å². The number of nitrogens with zero attached hydrogens (tertiary/aromatic N) is 2. The van der Waals surface area contributed by atoms with Gasteiger partial charge in [0.1, 0.15) is 0 Å². The third kappa shape index (κ3) is 10.1. The molecule has 0 heterocycles. The van der Waals surface area contributed by atoms with E-state index in [0.717, 1.165) is 28.9 Å². The Bertz CT molecular complexity index is 707. The highest BCUT2D eigenvalue weighted by atomic mass is 15.0. The van der Waals surface area contributed by atoms with Crippen molar-refractivity contribution in [3.05, 3.63) is 72.4 Å². The molecule has 0 unspecified atom stereocenters. The Labute approximate surface area is 158 Å². The van der Waals surface area contributed by atoms with E-state index in [1.165, 1.54) is 11.8 Å². The van der Waals surface area contributed by atoms with Crippen LogP contribution in [0, 0.1) is 6.92 Å². The first-order valence-corrected chi connectivity index (χ1v) is 8.64. The summed E-state index contributed by atoms with van der Waals surface area (Å²) in [6.07, 6.45) is 10.4. The maximum absolute atomic E-state index is 5.64. The van der Waals surface area contributed by atoms with Crippen molar-refractivity contribution in [2.24, 2.45) is 15.7 Å². The molecule has 1 aromatic carbocycles. The fraction of sp³-hybridized carbons (Fsp3) is 0.273. The number of guanidine groups is 1. The van der Waals surface area contributed by atoms with Crippen molar-refractivity contribution in [3.8, 4) is 0 Å². The number of hydrogen-bond acceptors (Lipinski definition) is 2. The van der Waals surface area contributed by atoms with E-state index < -0.39 is 0 Å². The maximum atomic E-state index is 5.64. The van der Waals surface area contributed by atoms with Gasteiger partial charge < -0.3 is 11.1 Å². The SMILES string of the molecule is C=C(C)/C=C\C(=C/C)CC.C=C/C=N/C(N)=Nc1cc(NC)ccc1C. The Hall–Kier alpha value is -2.88. The molecule has 0 aromatic heterocycles. The van der Waals surface area contributed by atoms with Gasteiger partial charge in [0, 0.05) is 18.9 Å². The van der Waals surface area contributed by atoms with E-state index in [4.69, 9.17) is 5.73 Å². The minimum Gasteiger partial charge on any atom is -0.388 e. The summed E-state index contributed by atoms with van der Waals surface area (Å²) in [4.78, 5) is 8.11. The van der Waals surface area contributed by atoms with Gasteiger partial charge in [-0.3, -0.25) is 0 Å². The van der Waals surface area contributed by atoms with E-state index in [0.29, 0.717) is 0 Å². The Morgan fingerprint density at radius 3 is 2.50 bits per heavy atom. The highest BCUT2D eigenvalue weighted by Crippen LogP contribution is 2.22. The Balaban J connectivity index is 0.000000541. The quantitative estimate of drug-likeness (QED) is 0.391. The van der Waals surface area contributed by atoms with Crippen molar-refractivity contribution in [2.75, 3.05) is 12.4 Å². The molecule has 0 aliphatic carbocycles.